The number of carbonyl (C=O) groups is 1. The maximum absolute atomic E-state index is 12.1. The first kappa shape index (κ1) is 17.6. The van der Waals surface area contributed by atoms with Crippen molar-refractivity contribution < 1.29 is 13.2 Å². The highest BCUT2D eigenvalue weighted by molar-refractivity contribution is 7.89. The van der Waals surface area contributed by atoms with E-state index in [-0.39, 0.29) is 16.2 Å². The van der Waals surface area contributed by atoms with Gasteiger partial charge >= 0.3 is 0 Å². The molecule has 0 aromatic heterocycles. The quantitative estimate of drug-likeness (QED) is 0.777. The second-order valence-corrected chi connectivity index (χ2v) is 7.88. The van der Waals surface area contributed by atoms with E-state index in [0.29, 0.717) is 11.3 Å². The van der Waals surface area contributed by atoms with Crippen LogP contribution in [0.5, 0.6) is 0 Å². The van der Waals surface area contributed by atoms with Crippen LogP contribution in [0.15, 0.2) is 23.1 Å². The fourth-order valence-electron chi connectivity index (χ4n) is 1.69. The Kier molecular flexibility index (Phi) is 5.14. The molecule has 0 saturated heterocycles. The molecule has 21 heavy (non-hydrogen) atoms. The summed E-state index contributed by atoms with van der Waals surface area (Å²) in [5, 5.41) is 2.66. The molecule has 0 bridgehead atoms. The van der Waals surface area contributed by atoms with E-state index < -0.39 is 16.1 Å². The van der Waals surface area contributed by atoms with E-state index in [4.69, 9.17) is 5.73 Å². The van der Waals surface area contributed by atoms with Gasteiger partial charge in [-0.2, -0.15) is 0 Å². The van der Waals surface area contributed by atoms with Crippen LogP contribution in [0.25, 0.3) is 0 Å². The third kappa shape index (κ3) is 4.26. The zero-order chi connectivity index (χ0) is 16.4. The second kappa shape index (κ2) is 6.13. The van der Waals surface area contributed by atoms with Crippen LogP contribution in [0, 0.1) is 12.3 Å². The molecule has 1 rings (SSSR count). The summed E-state index contributed by atoms with van der Waals surface area (Å²) in [4.78, 5) is 12.2. The van der Waals surface area contributed by atoms with Gasteiger partial charge in [0.1, 0.15) is 0 Å². The van der Waals surface area contributed by atoms with Gasteiger partial charge in [-0.05, 0) is 37.1 Å². The number of hydrogen-bond acceptors (Lipinski definition) is 4. The molecule has 1 aromatic carbocycles. The van der Waals surface area contributed by atoms with E-state index in [0.717, 1.165) is 0 Å². The van der Waals surface area contributed by atoms with E-state index >= 15 is 0 Å². The molecule has 0 aliphatic rings. The lowest BCUT2D eigenvalue weighted by molar-refractivity contribution is -0.119. The van der Waals surface area contributed by atoms with Crippen LogP contribution in [-0.4, -0.2) is 27.4 Å². The van der Waals surface area contributed by atoms with Crippen molar-refractivity contribution in [2.24, 2.45) is 11.1 Å². The topological polar surface area (TPSA) is 101 Å². The number of anilines is 1. The lowest BCUT2D eigenvalue weighted by Gasteiger charge is -2.25. The van der Waals surface area contributed by atoms with Crippen LogP contribution in [0.3, 0.4) is 0 Å². The molecular formula is C14H23N3O3S. The molecule has 0 aliphatic carbocycles. The van der Waals surface area contributed by atoms with Crippen LogP contribution < -0.4 is 15.8 Å². The Morgan fingerprint density at radius 3 is 2.33 bits per heavy atom. The van der Waals surface area contributed by atoms with Gasteiger partial charge in [0.05, 0.1) is 10.9 Å². The monoisotopic (exact) mass is 313 g/mol. The summed E-state index contributed by atoms with van der Waals surface area (Å²) in [5.74, 6) is -0.348. The normalized spacial score (nSPS) is 13.8. The molecule has 4 N–H and O–H groups in total. The van der Waals surface area contributed by atoms with Crippen molar-refractivity contribution in [3.05, 3.63) is 23.8 Å². The van der Waals surface area contributed by atoms with E-state index in [1.165, 1.54) is 13.1 Å². The van der Waals surface area contributed by atoms with Crippen LogP contribution in [0.4, 0.5) is 5.69 Å². The highest BCUT2D eigenvalue weighted by atomic mass is 32.2. The summed E-state index contributed by atoms with van der Waals surface area (Å²) in [5.41, 5.74) is 6.50. The van der Waals surface area contributed by atoms with Crippen molar-refractivity contribution in [3.63, 3.8) is 0 Å². The number of nitrogens with two attached hydrogens (primary N) is 1. The summed E-state index contributed by atoms with van der Waals surface area (Å²) in [6, 6.07) is 4.02. The summed E-state index contributed by atoms with van der Waals surface area (Å²) in [7, 11) is -2.23. The summed E-state index contributed by atoms with van der Waals surface area (Å²) in [6.07, 6.45) is 0. The van der Waals surface area contributed by atoms with Crippen LogP contribution in [0.1, 0.15) is 26.3 Å². The SMILES string of the molecule is CNS(=O)(=O)c1cc(NC(=O)C(N)C(C)(C)C)ccc1C. The van der Waals surface area contributed by atoms with Gasteiger partial charge in [0.25, 0.3) is 0 Å². The number of benzene rings is 1. The van der Waals surface area contributed by atoms with E-state index in [2.05, 4.69) is 10.0 Å². The fraction of sp³-hybridized carbons (Fsp3) is 0.500. The lowest BCUT2D eigenvalue weighted by atomic mass is 9.87. The number of sulfonamides is 1. The zero-order valence-electron chi connectivity index (χ0n) is 13.0. The molecule has 0 aliphatic heterocycles. The number of aryl methyl sites for hydroxylation is 1. The lowest BCUT2D eigenvalue weighted by Crippen LogP contribution is -2.45. The molecule has 1 amide bonds. The van der Waals surface area contributed by atoms with Gasteiger partial charge in [0.2, 0.25) is 15.9 Å². The van der Waals surface area contributed by atoms with E-state index in [9.17, 15) is 13.2 Å². The number of hydrogen-bond donors (Lipinski definition) is 3. The predicted octanol–water partition coefficient (Wildman–Crippen LogP) is 1.22. The van der Waals surface area contributed by atoms with Gasteiger partial charge in [-0.15, -0.1) is 0 Å². The smallest absolute Gasteiger partial charge is 0.241 e. The van der Waals surface area contributed by atoms with Crippen molar-refractivity contribution in [1.82, 2.24) is 4.72 Å². The Morgan fingerprint density at radius 1 is 1.29 bits per heavy atom. The molecule has 1 atom stereocenters. The molecule has 6 nitrogen and oxygen atoms in total. The van der Waals surface area contributed by atoms with Gasteiger partial charge in [-0.3, -0.25) is 4.79 Å². The van der Waals surface area contributed by atoms with E-state index in [1.807, 2.05) is 20.8 Å². The molecule has 0 saturated carbocycles. The Balaban J connectivity index is 3.08. The Hall–Kier alpha value is -1.44. The largest absolute Gasteiger partial charge is 0.325 e. The standard InChI is InChI=1S/C14H23N3O3S/c1-9-6-7-10(8-11(9)21(19,20)16-5)17-13(18)12(15)14(2,3)4/h6-8,12,16H,15H2,1-5H3,(H,17,18). The van der Waals surface area contributed by atoms with Crippen molar-refractivity contribution in [1.29, 1.82) is 0 Å². The maximum atomic E-state index is 12.1. The van der Waals surface area contributed by atoms with Gasteiger partial charge in [-0.25, -0.2) is 13.1 Å². The highest BCUT2D eigenvalue weighted by Gasteiger charge is 2.27. The summed E-state index contributed by atoms with van der Waals surface area (Å²) in [6.45, 7) is 7.28. The first-order valence-electron chi connectivity index (χ1n) is 6.59. The summed E-state index contributed by atoms with van der Waals surface area (Å²) < 4.78 is 26.1. The number of rotatable bonds is 4. The number of nitrogens with one attached hydrogen (secondary N) is 2. The van der Waals surface area contributed by atoms with Gasteiger partial charge in [-0.1, -0.05) is 26.8 Å². The molecule has 118 valence electrons. The molecule has 1 aromatic rings. The Bertz CT molecular complexity index is 633. The predicted molar refractivity (Wildman–Crippen MR) is 83.5 cm³/mol. The number of carbonyl (C=O) groups excluding carboxylic acids is 1. The molecular weight excluding hydrogens is 290 g/mol. The van der Waals surface area contributed by atoms with Crippen molar-refractivity contribution in [3.8, 4) is 0 Å². The summed E-state index contributed by atoms with van der Waals surface area (Å²) >= 11 is 0. The maximum Gasteiger partial charge on any atom is 0.241 e. The molecule has 0 heterocycles. The molecule has 0 spiro atoms. The third-order valence-electron chi connectivity index (χ3n) is 3.23. The molecule has 1 unspecified atom stereocenters. The minimum absolute atomic E-state index is 0.132. The average molecular weight is 313 g/mol. The van der Waals surface area contributed by atoms with Gasteiger partial charge < -0.3 is 11.1 Å². The molecule has 7 heteroatoms. The van der Waals surface area contributed by atoms with Gasteiger partial charge in [0.15, 0.2) is 0 Å². The fourth-order valence-corrected chi connectivity index (χ4v) is 2.68. The minimum atomic E-state index is -3.57. The Morgan fingerprint density at radius 2 is 1.86 bits per heavy atom. The van der Waals surface area contributed by atoms with Crippen molar-refractivity contribution >= 4 is 21.6 Å². The van der Waals surface area contributed by atoms with Gasteiger partial charge in [0, 0.05) is 5.69 Å². The zero-order valence-corrected chi connectivity index (χ0v) is 13.8. The van der Waals surface area contributed by atoms with Crippen molar-refractivity contribution in [2.75, 3.05) is 12.4 Å². The highest BCUT2D eigenvalue weighted by Crippen LogP contribution is 2.22. The average Bonchev–Trinajstić information content (AvgIpc) is 2.38. The number of amides is 1. The van der Waals surface area contributed by atoms with Crippen LogP contribution >= 0.6 is 0 Å². The first-order valence-corrected chi connectivity index (χ1v) is 8.08. The molecule has 0 radical (unpaired) electrons. The van der Waals surface area contributed by atoms with Crippen molar-refractivity contribution in [2.45, 2.75) is 38.6 Å². The van der Waals surface area contributed by atoms with Crippen LogP contribution in [0.2, 0.25) is 0 Å². The molecule has 0 fully saturated rings. The van der Waals surface area contributed by atoms with Crippen LogP contribution in [-0.2, 0) is 14.8 Å². The Labute approximate surface area is 126 Å². The first-order chi connectivity index (χ1) is 9.49. The second-order valence-electron chi connectivity index (χ2n) is 6.02. The third-order valence-corrected chi connectivity index (χ3v) is 4.79. The van der Waals surface area contributed by atoms with E-state index in [1.54, 1.807) is 19.1 Å². The minimum Gasteiger partial charge on any atom is -0.325 e.